The number of nitrogens with one attached hydrogen (secondary N) is 1. The molecule has 0 radical (unpaired) electrons. The molecule has 3 aromatic rings. The van der Waals surface area contributed by atoms with Crippen LogP contribution in [0.1, 0.15) is 10.6 Å². The molecule has 2 aromatic heterocycles. The number of halogens is 3. The first kappa shape index (κ1) is 17.4. The van der Waals surface area contributed by atoms with Crippen molar-refractivity contribution in [3.63, 3.8) is 0 Å². The molecule has 0 atom stereocenters. The van der Waals surface area contributed by atoms with Crippen molar-refractivity contribution in [3.05, 3.63) is 68.5 Å². The van der Waals surface area contributed by atoms with Crippen molar-refractivity contribution in [1.82, 2.24) is 5.32 Å². The van der Waals surface area contributed by atoms with E-state index in [0.29, 0.717) is 16.6 Å². The highest BCUT2D eigenvalue weighted by Crippen LogP contribution is 2.28. The lowest BCUT2D eigenvalue weighted by molar-refractivity contribution is 0.494. The van der Waals surface area contributed by atoms with Crippen LogP contribution in [-0.2, 0) is 13.1 Å². The summed E-state index contributed by atoms with van der Waals surface area (Å²) in [6, 6.07) is 13.5. The molecule has 1 aromatic carbocycles. The fraction of sp³-hybridized carbons (Fsp3) is 0.125. The molecule has 0 saturated heterocycles. The Balaban J connectivity index is 0.00000176. The summed E-state index contributed by atoms with van der Waals surface area (Å²) in [4.78, 5) is 1.31. The maximum atomic E-state index is 6.01. The zero-order valence-corrected chi connectivity index (χ0v) is 14.7. The second kappa shape index (κ2) is 8.04. The van der Waals surface area contributed by atoms with E-state index in [1.54, 1.807) is 17.4 Å². The Labute approximate surface area is 149 Å². The Morgan fingerprint density at radius 3 is 2.45 bits per heavy atom. The third kappa shape index (κ3) is 4.51. The average molecular weight is 375 g/mol. The largest absolute Gasteiger partial charge is 0.460 e. The molecule has 0 aliphatic heterocycles. The Morgan fingerprint density at radius 2 is 1.77 bits per heavy atom. The van der Waals surface area contributed by atoms with E-state index < -0.39 is 0 Å². The molecule has 0 unspecified atom stereocenters. The minimum atomic E-state index is 0. The number of hydrogen-bond donors (Lipinski definition) is 1. The average Bonchev–Trinajstić information content (AvgIpc) is 3.09. The van der Waals surface area contributed by atoms with E-state index in [1.807, 2.05) is 24.3 Å². The zero-order chi connectivity index (χ0) is 14.7. The summed E-state index contributed by atoms with van der Waals surface area (Å²) in [7, 11) is 0. The van der Waals surface area contributed by atoms with Crippen LogP contribution in [0.5, 0.6) is 0 Å². The predicted molar refractivity (Wildman–Crippen MR) is 96.3 cm³/mol. The molecule has 2 nitrogen and oxygen atoms in total. The molecule has 0 spiro atoms. The van der Waals surface area contributed by atoms with Crippen LogP contribution in [0.3, 0.4) is 0 Å². The fourth-order valence-corrected chi connectivity index (χ4v) is 3.25. The van der Waals surface area contributed by atoms with Crippen LogP contribution in [0, 0.1) is 0 Å². The lowest BCUT2D eigenvalue weighted by Crippen LogP contribution is -2.10. The van der Waals surface area contributed by atoms with Gasteiger partial charge in [0.1, 0.15) is 11.5 Å². The van der Waals surface area contributed by atoms with E-state index >= 15 is 0 Å². The van der Waals surface area contributed by atoms with E-state index in [-0.39, 0.29) is 12.4 Å². The van der Waals surface area contributed by atoms with E-state index in [9.17, 15) is 0 Å². The predicted octanol–water partition coefficient (Wildman–Crippen LogP) is 6.03. The topological polar surface area (TPSA) is 25.2 Å². The normalized spacial score (nSPS) is 10.5. The monoisotopic (exact) mass is 373 g/mol. The van der Waals surface area contributed by atoms with Crippen LogP contribution in [0.25, 0.3) is 11.3 Å². The molecule has 0 bridgehead atoms. The van der Waals surface area contributed by atoms with Gasteiger partial charge in [0.15, 0.2) is 0 Å². The van der Waals surface area contributed by atoms with Gasteiger partial charge in [0.2, 0.25) is 0 Å². The number of benzene rings is 1. The van der Waals surface area contributed by atoms with Crippen molar-refractivity contribution in [1.29, 1.82) is 0 Å². The van der Waals surface area contributed by atoms with Gasteiger partial charge in [0.05, 0.1) is 6.54 Å². The third-order valence-electron chi connectivity index (χ3n) is 2.99. The standard InChI is InChI=1S/C16H13Cl2NOS.ClH/c17-12-6-11(7-13(18)8-12)16-4-3-14(20-16)9-19-10-15-2-1-5-21-15;/h1-8,19H,9-10H2;1H. The first-order valence-corrected chi connectivity index (χ1v) is 8.12. The van der Waals surface area contributed by atoms with Crippen LogP contribution >= 0.6 is 46.9 Å². The highest BCUT2D eigenvalue weighted by Gasteiger charge is 2.07. The van der Waals surface area contributed by atoms with Crippen molar-refractivity contribution >= 4 is 46.9 Å². The summed E-state index contributed by atoms with van der Waals surface area (Å²) in [6.45, 7) is 1.53. The smallest absolute Gasteiger partial charge is 0.134 e. The summed E-state index contributed by atoms with van der Waals surface area (Å²) in [5.74, 6) is 1.66. The number of hydrogen-bond acceptors (Lipinski definition) is 3. The van der Waals surface area contributed by atoms with Crippen LogP contribution in [0.4, 0.5) is 0 Å². The number of furan rings is 1. The van der Waals surface area contributed by atoms with Gasteiger partial charge in [0, 0.05) is 27.0 Å². The van der Waals surface area contributed by atoms with Gasteiger partial charge in [-0.05, 0) is 41.8 Å². The first-order chi connectivity index (χ1) is 10.2. The second-order valence-corrected chi connectivity index (χ2v) is 6.51. The van der Waals surface area contributed by atoms with Gasteiger partial charge < -0.3 is 9.73 Å². The molecule has 0 fully saturated rings. The van der Waals surface area contributed by atoms with Crippen molar-refractivity contribution in [2.75, 3.05) is 0 Å². The summed E-state index contributed by atoms with van der Waals surface area (Å²) in [5.41, 5.74) is 0.886. The van der Waals surface area contributed by atoms with Crippen molar-refractivity contribution in [3.8, 4) is 11.3 Å². The van der Waals surface area contributed by atoms with Crippen LogP contribution < -0.4 is 5.32 Å². The molecular weight excluding hydrogens is 361 g/mol. The van der Waals surface area contributed by atoms with E-state index in [4.69, 9.17) is 27.6 Å². The lowest BCUT2D eigenvalue weighted by atomic mass is 10.2. The maximum absolute atomic E-state index is 6.01. The Kier molecular flexibility index (Phi) is 6.36. The van der Waals surface area contributed by atoms with E-state index in [2.05, 4.69) is 22.8 Å². The van der Waals surface area contributed by atoms with E-state index in [0.717, 1.165) is 23.6 Å². The fourth-order valence-electron chi connectivity index (χ4n) is 2.05. The summed E-state index contributed by atoms with van der Waals surface area (Å²) in [6.07, 6.45) is 0. The molecular formula is C16H14Cl3NOS. The van der Waals surface area contributed by atoms with Gasteiger partial charge in [0.25, 0.3) is 0 Å². The summed E-state index contributed by atoms with van der Waals surface area (Å²) < 4.78 is 5.82. The molecule has 0 saturated carbocycles. The Hall–Kier alpha value is -0.970. The zero-order valence-electron chi connectivity index (χ0n) is 11.5. The van der Waals surface area contributed by atoms with Gasteiger partial charge in [-0.3, -0.25) is 0 Å². The summed E-state index contributed by atoms with van der Waals surface area (Å²) >= 11 is 13.8. The second-order valence-electron chi connectivity index (χ2n) is 4.61. The molecule has 3 rings (SSSR count). The molecule has 22 heavy (non-hydrogen) atoms. The van der Waals surface area contributed by atoms with Gasteiger partial charge in [-0.25, -0.2) is 0 Å². The molecule has 2 heterocycles. The first-order valence-electron chi connectivity index (χ1n) is 6.49. The minimum absolute atomic E-state index is 0. The van der Waals surface area contributed by atoms with Crippen molar-refractivity contribution in [2.24, 2.45) is 0 Å². The van der Waals surface area contributed by atoms with Crippen LogP contribution in [-0.4, -0.2) is 0 Å². The Bertz CT molecular complexity index is 705. The molecule has 0 aliphatic carbocycles. The van der Waals surface area contributed by atoms with Gasteiger partial charge in [-0.1, -0.05) is 29.3 Å². The van der Waals surface area contributed by atoms with Crippen molar-refractivity contribution < 1.29 is 4.42 Å². The number of rotatable bonds is 5. The molecule has 6 heteroatoms. The highest BCUT2D eigenvalue weighted by atomic mass is 35.5. The Morgan fingerprint density at radius 1 is 1.00 bits per heavy atom. The van der Waals surface area contributed by atoms with Gasteiger partial charge in [-0.15, -0.1) is 23.7 Å². The molecule has 0 aliphatic rings. The van der Waals surface area contributed by atoms with Crippen LogP contribution in [0.15, 0.2) is 52.3 Å². The van der Waals surface area contributed by atoms with Crippen LogP contribution in [0.2, 0.25) is 10.0 Å². The minimum Gasteiger partial charge on any atom is -0.460 e. The third-order valence-corrected chi connectivity index (χ3v) is 4.30. The highest BCUT2D eigenvalue weighted by molar-refractivity contribution is 7.09. The molecule has 116 valence electrons. The summed E-state index contributed by atoms with van der Waals surface area (Å²) in [5, 5.41) is 6.64. The quantitative estimate of drug-likeness (QED) is 0.590. The van der Waals surface area contributed by atoms with E-state index in [1.165, 1.54) is 4.88 Å². The maximum Gasteiger partial charge on any atom is 0.134 e. The SMILES string of the molecule is Cl.Clc1cc(Cl)cc(-c2ccc(CNCc3cccs3)o2)c1. The number of thiophene rings is 1. The lowest BCUT2D eigenvalue weighted by Gasteiger charge is -2.01. The van der Waals surface area contributed by atoms with Gasteiger partial charge in [-0.2, -0.15) is 0 Å². The molecule has 1 N–H and O–H groups in total. The van der Waals surface area contributed by atoms with Crippen molar-refractivity contribution in [2.45, 2.75) is 13.1 Å². The molecule has 0 amide bonds. The van der Waals surface area contributed by atoms with Gasteiger partial charge >= 0.3 is 0 Å².